The summed E-state index contributed by atoms with van der Waals surface area (Å²) in [6.07, 6.45) is 1.12. The highest BCUT2D eigenvalue weighted by molar-refractivity contribution is 7.91. The molecule has 6 heteroatoms. The van der Waals surface area contributed by atoms with Gasteiger partial charge in [0.25, 0.3) is 0 Å². The van der Waals surface area contributed by atoms with Gasteiger partial charge in [-0.15, -0.1) is 0 Å². The molecular weight excluding hydrogens is 202 g/mol. The van der Waals surface area contributed by atoms with Gasteiger partial charge < -0.3 is 0 Å². The number of hydrogen-bond donors (Lipinski definition) is 0. The van der Waals surface area contributed by atoms with E-state index in [4.69, 9.17) is 5.53 Å². The zero-order valence-corrected chi connectivity index (χ0v) is 9.50. The number of sulfone groups is 1. The van der Waals surface area contributed by atoms with Crippen LogP contribution in [0.1, 0.15) is 26.7 Å². The summed E-state index contributed by atoms with van der Waals surface area (Å²) in [5.74, 6) is 0.765. The maximum atomic E-state index is 11.4. The summed E-state index contributed by atoms with van der Waals surface area (Å²) in [5.41, 5.74) is 7.98. The Hall–Kier alpha value is -0.740. The Morgan fingerprint density at radius 1 is 1.36 bits per heavy atom. The summed E-state index contributed by atoms with van der Waals surface area (Å²) in [5, 5.41) is 3.29. The first-order chi connectivity index (χ1) is 6.48. The average Bonchev–Trinajstić information content (AvgIpc) is 2.10. The molecule has 0 saturated carbocycles. The van der Waals surface area contributed by atoms with Crippen molar-refractivity contribution in [3.05, 3.63) is 10.4 Å². The van der Waals surface area contributed by atoms with Crippen LogP contribution in [0.15, 0.2) is 5.11 Å². The van der Waals surface area contributed by atoms with Gasteiger partial charge in [-0.25, -0.2) is 8.42 Å². The van der Waals surface area contributed by atoms with Gasteiger partial charge >= 0.3 is 0 Å². The predicted molar refractivity (Wildman–Crippen MR) is 56.7 cm³/mol. The summed E-state index contributed by atoms with van der Waals surface area (Å²) < 4.78 is 22.7. The Bertz CT molecular complexity index is 292. The van der Waals surface area contributed by atoms with Gasteiger partial charge in [0.2, 0.25) is 0 Å². The summed E-state index contributed by atoms with van der Waals surface area (Å²) in [4.78, 5) is 2.56. The lowest BCUT2D eigenvalue weighted by Crippen LogP contribution is -2.13. The highest BCUT2D eigenvalue weighted by Crippen LogP contribution is 2.04. The van der Waals surface area contributed by atoms with Crippen LogP contribution in [0.25, 0.3) is 10.4 Å². The minimum atomic E-state index is -2.94. The molecule has 82 valence electrons. The monoisotopic (exact) mass is 219 g/mol. The first-order valence-electron chi connectivity index (χ1n) is 4.69. The number of hydrogen-bond acceptors (Lipinski definition) is 3. The molecule has 0 spiro atoms. The van der Waals surface area contributed by atoms with Gasteiger partial charge in [0.15, 0.2) is 0 Å². The molecule has 0 radical (unpaired) electrons. The Labute approximate surface area is 85.1 Å². The van der Waals surface area contributed by atoms with Crippen LogP contribution in [0.3, 0.4) is 0 Å². The van der Waals surface area contributed by atoms with Crippen LogP contribution in [-0.4, -0.2) is 26.5 Å². The molecule has 0 fully saturated rings. The van der Waals surface area contributed by atoms with Gasteiger partial charge in [0.1, 0.15) is 9.84 Å². The third kappa shape index (κ3) is 7.89. The first kappa shape index (κ1) is 13.3. The van der Waals surface area contributed by atoms with Crippen molar-refractivity contribution < 1.29 is 8.42 Å². The Morgan fingerprint density at radius 2 is 2.00 bits per heavy atom. The molecule has 0 unspecified atom stereocenters. The van der Waals surface area contributed by atoms with Crippen LogP contribution in [-0.2, 0) is 9.84 Å². The van der Waals surface area contributed by atoms with E-state index in [9.17, 15) is 8.42 Å². The van der Waals surface area contributed by atoms with Crippen LogP contribution in [0.2, 0.25) is 0 Å². The molecule has 5 nitrogen and oxygen atoms in total. The van der Waals surface area contributed by atoms with Crippen LogP contribution >= 0.6 is 0 Å². The van der Waals surface area contributed by atoms with Crippen molar-refractivity contribution in [3.63, 3.8) is 0 Å². The van der Waals surface area contributed by atoms with Crippen molar-refractivity contribution in [2.75, 3.05) is 18.1 Å². The maximum Gasteiger partial charge on any atom is 0.150 e. The summed E-state index contributed by atoms with van der Waals surface area (Å²) in [6, 6.07) is 0. The van der Waals surface area contributed by atoms with E-state index in [0.717, 1.165) is 0 Å². The molecular formula is C8H17N3O2S. The van der Waals surface area contributed by atoms with Crippen molar-refractivity contribution in [2.45, 2.75) is 26.7 Å². The lowest BCUT2D eigenvalue weighted by atomic mass is 10.2. The molecule has 0 N–H and O–H groups in total. The number of rotatable bonds is 7. The van der Waals surface area contributed by atoms with Crippen LogP contribution < -0.4 is 0 Å². The summed E-state index contributed by atoms with van der Waals surface area (Å²) in [6.45, 7) is 4.25. The predicted octanol–water partition coefficient (Wildman–Crippen LogP) is 2.15. The normalized spacial score (nSPS) is 11.4. The lowest BCUT2D eigenvalue weighted by Gasteiger charge is -2.05. The molecule has 0 aliphatic carbocycles. The number of azide groups is 1. The number of nitrogens with zero attached hydrogens (tertiary/aromatic N) is 3. The fourth-order valence-corrected chi connectivity index (χ4v) is 2.52. The van der Waals surface area contributed by atoms with Gasteiger partial charge in [0, 0.05) is 11.5 Å². The average molecular weight is 219 g/mol. The summed E-state index contributed by atoms with van der Waals surface area (Å²) >= 11 is 0. The van der Waals surface area contributed by atoms with E-state index >= 15 is 0 Å². The minimum Gasteiger partial charge on any atom is -0.229 e. The Balaban J connectivity index is 3.78. The van der Waals surface area contributed by atoms with E-state index in [0.29, 0.717) is 18.8 Å². The second-order valence-corrected chi connectivity index (χ2v) is 5.95. The molecule has 0 aliphatic heterocycles. The standard InChI is InChI=1S/C8H17N3O2S/c1-8(2)4-7-14(12,13)6-3-5-10-11-9/h8H,3-7H2,1-2H3. The van der Waals surface area contributed by atoms with Crippen molar-refractivity contribution >= 4 is 9.84 Å². The van der Waals surface area contributed by atoms with E-state index < -0.39 is 9.84 Å². The largest absolute Gasteiger partial charge is 0.229 e. The third-order valence-electron chi connectivity index (χ3n) is 1.78. The highest BCUT2D eigenvalue weighted by Gasteiger charge is 2.10. The second-order valence-electron chi connectivity index (χ2n) is 3.64. The van der Waals surface area contributed by atoms with E-state index in [1.54, 1.807) is 0 Å². The third-order valence-corrected chi connectivity index (χ3v) is 3.55. The van der Waals surface area contributed by atoms with Crippen molar-refractivity contribution in [1.82, 2.24) is 0 Å². The van der Waals surface area contributed by atoms with Crippen molar-refractivity contribution in [2.24, 2.45) is 11.0 Å². The van der Waals surface area contributed by atoms with Crippen LogP contribution in [0, 0.1) is 5.92 Å². The van der Waals surface area contributed by atoms with Crippen LogP contribution in [0.5, 0.6) is 0 Å². The minimum absolute atomic E-state index is 0.124. The quantitative estimate of drug-likeness (QED) is 0.284. The fraction of sp³-hybridized carbons (Fsp3) is 1.00. The van der Waals surface area contributed by atoms with Gasteiger partial charge in [0.05, 0.1) is 11.5 Å². The lowest BCUT2D eigenvalue weighted by molar-refractivity contribution is 0.572. The molecule has 0 heterocycles. The highest BCUT2D eigenvalue weighted by atomic mass is 32.2. The molecule has 0 bridgehead atoms. The zero-order valence-electron chi connectivity index (χ0n) is 8.68. The zero-order chi connectivity index (χ0) is 11.0. The smallest absolute Gasteiger partial charge is 0.150 e. The molecule has 0 rings (SSSR count). The van der Waals surface area contributed by atoms with Crippen LogP contribution in [0.4, 0.5) is 0 Å². The Kier molecular flexibility index (Phi) is 6.32. The molecule has 0 amide bonds. The molecule has 0 aromatic rings. The van der Waals surface area contributed by atoms with Gasteiger partial charge in [-0.2, -0.15) is 0 Å². The molecule has 0 aliphatic rings. The molecule has 0 aromatic heterocycles. The SMILES string of the molecule is CC(C)CCS(=O)(=O)CCCN=[N+]=[N-]. The first-order valence-corrected chi connectivity index (χ1v) is 6.51. The topological polar surface area (TPSA) is 82.9 Å². The van der Waals surface area contributed by atoms with E-state index in [2.05, 4.69) is 10.0 Å². The van der Waals surface area contributed by atoms with E-state index in [1.807, 2.05) is 13.8 Å². The van der Waals surface area contributed by atoms with Gasteiger partial charge in [-0.05, 0) is 24.3 Å². The maximum absolute atomic E-state index is 11.4. The second kappa shape index (κ2) is 6.68. The molecule has 0 atom stereocenters. The molecule has 14 heavy (non-hydrogen) atoms. The van der Waals surface area contributed by atoms with Gasteiger partial charge in [-0.1, -0.05) is 19.0 Å². The van der Waals surface area contributed by atoms with Crippen molar-refractivity contribution in [3.8, 4) is 0 Å². The molecule has 0 aromatic carbocycles. The Morgan fingerprint density at radius 3 is 2.50 bits per heavy atom. The fourth-order valence-electron chi connectivity index (χ4n) is 0.917. The van der Waals surface area contributed by atoms with Crippen molar-refractivity contribution in [1.29, 1.82) is 0 Å². The summed E-state index contributed by atoms with van der Waals surface area (Å²) in [7, 11) is -2.94. The van der Waals surface area contributed by atoms with E-state index in [-0.39, 0.29) is 18.1 Å². The van der Waals surface area contributed by atoms with Gasteiger partial charge in [-0.3, -0.25) is 0 Å². The molecule has 0 saturated heterocycles. The van der Waals surface area contributed by atoms with E-state index in [1.165, 1.54) is 0 Å².